The predicted molar refractivity (Wildman–Crippen MR) is 33.6 cm³/mol. The van der Waals surface area contributed by atoms with Crippen LogP contribution in [0.2, 0.25) is 0 Å². The van der Waals surface area contributed by atoms with E-state index in [4.69, 9.17) is 5.11 Å². The summed E-state index contributed by atoms with van der Waals surface area (Å²) in [6.45, 7) is 4.11. The lowest BCUT2D eigenvalue weighted by Crippen LogP contribution is -2.21. The highest BCUT2D eigenvalue weighted by atomic mass is 16.3. The molecule has 1 fully saturated rings. The SMILES string of the molecule is CC(C)=C1CC[C@@H]1O. The summed E-state index contributed by atoms with van der Waals surface area (Å²) in [7, 11) is 0. The van der Waals surface area contributed by atoms with E-state index in [1.165, 1.54) is 11.1 Å². The Morgan fingerprint density at radius 2 is 2.25 bits per heavy atom. The van der Waals surface area contributed by atoms with Crippen LogP contribution in [-0.4, -0.2) is 11.2 Å². The molecule has 0 radical (unpaired) electrons. The highest BCUT2D eigenvalue weighted by Gasteiger charge is 2.21. The predicted octanol–water partition coefficient (Wildman–Crippen LogP) is 1.48. The lowest BCUT2D eigenvalue weighted by atomic mass is 9.86. The van der Waals surface area contributed by atoms with Crippen LogP contribution in [0.25, 0.3) is 0 Å². The van der Waals surface area contributed by atoms with Crippen LogP contribution in [0.15, 0.2) is 11.1 Å². The van der Waals surface area contributed by atoms with Crippen LogP contribution < -0.4 is 0 Å². The summed E-state index contributed by atoms with van der Waals surface area (Å²) in [4.78, 5) is 0. The van der Waals surface area contributed by atoms with Crippen molar-refractivity contribution in [3.8, 4) is 0 Å². The highest BCUT2D eigenvalue weighted by Crippen LogP contribution is 2.28. The number of aliphatic hydroxyl groups is 1. The smallest absolute Gasteiger partial charge is 0.0755 e. The number of hydrogen-bond acceptors (Lipinski definition) is 1. The van der Waals surface area contributed by atoms with Gasteiger partial charge in [-0.3, -0.25) is 0 Å². The van der Waals surface area contributed by atoms with E-state index in [1.54, 1.807) is 0 Å². The molecule has 8 heavy (non-hydrogen) atoms. The van der Waals surface area contributed by atoms with Crippen LogP contribution >= 0.6 is 0 Å². The topological polar surface area (TPSA) is 20.2 Å². The van der Waals surface area contributed by atoms with E-state index >= 15 is 0 Å². The van der Waals surface area contributed by atoms with Gasteiger partial charge in [-0.15, -0.1) is 0 Å². The van der Waals surface area contributed by atoms with E-state index in [-0.39, 0.29) is 6.10 Å². The standard InChI is InChI=1S/C7H12O/c1-5(2)6-3-4-7(6)8/h7-8H,3-4H2,1-2H3/t7-/m0/s1. The average Bonchev–Trinajstić information content (AvgIpc) is 1.61. The van der Waals surface area contributed by atoms with Crippen molar-refractivity contribution in [3.63, 3.8) is 0 Å². The lowest BCUT2D eigenvalue weighted by Gasteiger charge is -2.26. The second kappa shape index (κ2) is 1.90. The van der Waals surface area contributed by atoms with Gasteiger partial charge in [-0.2, -0.15) is 0 Å². The van der Waals surface area contributed by atoms with E-state index < -0.39 is 0 Å². The zero-order chi connectivity index (χ0) is 6.15. The first-order valence-electron chi connectivity index (χ1n) is 3.06. The van der Waals surface area contributed by atoms with Crippen molar-refractivity contribution in [1.29, 1.82) is 0 Å². The van der Waals surface area contributed by atoms with Gasteiger partial charge < -0.3 is 5.11 Å². The van der Waals surface area contributed by atoms with Crippen molar-refractivity contribution in [3.05, 3.63) is 11.1 Å². The van der Waals surface area contributed by atoms with Gasteiger partial charge in [0.2, 0.25) is 0 Å². The Hall–Kier alpha value is -0.300. The third-order valence-corrected chi connectivity index (χ3v) is 1.73. The molecule has 1 nitrogen and oxygen atoms in total. The maximum absolute atomic E-state index is 9.02. The zero-order valence-electron chi connectivity index (χ0n) is 5.44. The summed E-state index contributed by atoms with van der Waals surface area (Å²) in [6.07, 6.45) is 1.99. The quantitative estimate of drug-likeness (QED) is 0.470. The third-order valence-electron chi connectivity index (χ3n) is 1.73. The molecule has 0 aromatic rings. The summed E-state index contributed by atoms with van der Waals surface area (Å²) in [5.74, 6) is 0. The Bertz CT molecular complexity index is 120. The van der Waals surface area contributed by atoms with Crippen LogP contribution in [0.3, 0.4) is 0 Å². The maximum atomic E-state index is 9.02. The molecule has 0 bridgehead atoms. The van der Waals surface area contributed by atoms with E-state index in [0.29, 0.717) is 0 Å². The highest BCUT2D eigenvalue weighted by molar-refractivity contribution is 5.21. The minimum atomic E-state index is -0.0972. The number of rotatable bonds is 0. The first-order chi connectivity index (χ1) is 3.72. The van der Waals surface area contributed by atoms with E-state index in [9.17, 15) is 0 Å². The normalized spacial score (nSPS) is 27.4. The molecule has 0 heterocycles. The van der Waals surface area contributed by atoms with Crippen LogP contribution in [0.5, 0.6) is 0 Å². The van der Waals surface area contributed by atoms with Crippen LogP contribution in [0.1, 0.15) is 26.7 Å². The zero-order valence-corrected chi connectivity index (χ0v) is 5.44. The monoisotopic (exact) mass is 112 g/mol. The Morgan fingerprint density at radius 1 is 1.62 bits per heavy atom. The fourth-order valence-corrected chi connectivity index (χ4v) is 1.00. The minimum absolute atomic E-state index is 0.0972. The van der Waals surface area contributed by atoms with Gasteiger partial charge in [-0.25, -0.2) is 0 Å². The van der Waals surface area contributed by atoms with Gasteiger partial charge in [0.1, 0.15) is 0 Å². The Morgan fingerprint density at radius 3 is 2.25 bits per heavy atom. The van der Waals surface area contributed by atoms with Gasteiger partial charge in [0.05, 0.1) is 6.10 Å². The molecule has 1 aliphatic rings. The molecule has 1 rings (SSSR count). The van der Waals surface area contributed by atoms with Gasteiger partial charge in [0.15, 0.2) is 0 Å². The van der Waals surface area contributed by atoms with Crippen molar-refractivity contribution < 1.29 is 5.11 Å². The van der Waals surface area contributed by atoms with E-state index in [2.05, 4.69) is 13.8 Å². The van der Waals surface area contributed by atoms with Gasteiger partial charge in [-0.05, 0) is 32.3 Å². The number of hydrogen-bond donors (Lipinski definition) is 1. The summed E-state index contributed by atoms with van der Waals surface area (Å²) in [6, 6.07) is 0. The fraction of sp³-hybridized carbons (Fsp3) is 0.714. The molecule has 0 aromatic carbocycles. The number of allylic oxidation sites excluding steroid dienone is 1. The van der Waals surface area contributed by atoms with Crippen molar-refractivity contribution in [2.45, 2.75) is 32.8 Å². The van der Waals surface area contributed by atoms with Crippen molar-refractivity contribution in [1.82, 2.24) is 0 Å². The second-order valence-electron chi connectivity index (χ2n) is 2.58. The van der Waals surface area contributed by atoms with Gasteiger partial charge in [0, 0.05) is 0 Å². The largest absolute Gasteiger partial charge is 0.389 e. The molecule has 1 heteroatoms. The first kappa shape index (κ1) is 5.83. The van der Waals surface area contributed by atoms with Crippen LogP contribution in [0.4, 0.5) is 0 Å². The Balaban J connectivity index is 2.60. The van der Waals surface area contributed by atoms with Gasteiger partial charge >= 0.3 is 0 Å². The molecular weight excluding hydrogens is 100 g/mol. The third kappa shape index (κ3) is 0.781. The van der Waals surface area contributed by atoms with E-state index in [0.717, 1.165) is 12.8 Å². The molecule has 0 amide bonds. The minimum Gasteiger partial charge on any atom is -0.389 e. The van der Waals surface area contributed by atoms with Crippen LogP contribution in [0, 0.1) is 0 Å². The van der Waals surface area contributed by atoms with Crippen molar-refractivity contribution in [2.24, 2.45) is 0 Å². The molecule has 1 atom stereocenters. The Labute approximate surface area is 50.0 Å². The fourth-order valence-electron chi connectivity index (χ4n) is 1.00. The molecule has 0 aromatic heterocycles. The Kier molecular flexibility index (Phi) is 1.39. The van der Waals surface area contributed by atoms with Crippen molar-refractivity contribution >= 4 is 0 Å². The molecular formula is C7H12O. The number of aliphatic hydroxyl groups excluding tert-OH is 1. The van der Waals surface area contributed by atoms with Gasteiger partial charge in [-0.1, -0.05) is 5.57 Å². The second-order valence-corrected chi connectivity index (χ2v) is 2.58. The average molecular weight is 112 g/mol. The molecule has 46 valence electrons. The molecule has 1 N–H and O–H groups in total. The lowest BCUT2D eigenvalue weighted by molar-refractivity contribution is 0.155. The molecule has 0 unspecified atom stereocenters. The summed E-state index contributed by atoms with van der Waals surface area (Å²) >= 11 is 0. The molecule has 1 saturated carbocycles. The molecule has 0 saturated heterocycles. The van der Waals surface area contributed by atoms with Crippen molar-refractivity contribution in [2.75, 3.05) is 0 Å². The van der Waals surface area contributed by atoms with Gasteiger partial charge in [0.25, 0.3) is 0 Å². The summed E-state index contributed by atoms with van der Waals surface area (Å²) < 4.78 is 0. The molecule has 1 aliphatic carbocycles. The maximum Gasteiger partial charge on any atom is 0.0755 e. The summed E-state index contributed by atoms with van der Waals surface area (Å²) in [5.41, 5.74) is 2.55. The molecule has 0 aliphatic heterocycles. The first-order valence-corrected chi connectivity index (χ1v) is 3.06. The van der Waals surface area contributed by atoms with Crippen LogP contribution in [-0.2, 0) is 0 Å². The summed E-state index contributed by atoms with van der Waals surface area (Å²) in [5, 5.41) is 9.02. The van der Waals surface area contributed by atoms with E-state index in [1.807, 2.05) is 0 Å². The molecule has 0 spiro atoms.